The van der Waals surface area contributed by atoms with Gasteiger partial charge in [0.05, 0.1) is 5.56 Å². The van der Waals surface area contributed by atoms with Crippen LogP contribution in [0, 0.1) is 0 Å². The van der Waals surface area contributed by atoms with Crippen LogP contribution in [0.3, 0.4) is 0 Å². The van der Waals surface area contributed by atoms with Crippen molar-refractivity contribution in [2.75, 3.05) is 14.1 Å². The molecule has 0 aliphatic heterocycles. The number of likely N-dealkylation sites (N-methyl/N-ethyl adjacent to an activating group) is 1. The highest BCUT2D eigenvalue weighted by atomic mass is 19.4. The minimum atomic E-state index is -4.33. The van der Waals surface area contributed by atoms with Gasteiger partial charge in [-0.2, -0.15) is 13.2 Å². The molecule has 0 radical (unpaired) electrons. The van der Waals surface area contributed by atoms with Crippen molar-refractivity contribution in [3.63, 3.8) is 0 Å². The number of hydrogen-bond donors (Lipinski definition) is 1. The van der Waals surface area contributed by atoms with Crippen LogP contribution in [-0.2, 0) is 6.18 Å². The van der Waals surface area contributed by atoms with Crippen molar-refractivity contribution < 1.29 is 13.2 Å². The van der Waals surface area contributed by atoms with Gasteiger partial charge in [0.1, 0.15) is 0 Å². The molecule has 0 heterocycles. The van der Waals surface area contributed by atoms with E-state index in [0.717, 1.165) is 31.7 Å². The molecule has 0 saturated heterocycles. The molecule has 1 aliphatic rings. The standard InChI is InChI=1S/C16H23F3N2/c1-21(2)15(9-4-3-5-10-15)14(20)12-7-6-8-13(11-12)16(17,18)19/h6-8,11,14H,3-5,9-10,20H2,1-2H3. The third-order valence-corrected chi connectivity index (χ3v) is 4.76. The van der Waals surface area contributed by atoms with Gasteiger partial charge in [-0.1, -0.05) is 31.4 Å². The van der Waals surface area contributed by atoms with Gasteiger partial charge in [-0.25, -0.2) is 0 Å². The van der Waals surface area contributed by atoms with E-state index in [4.69, 9.17) is 5.73 Å². The highest BCUT2D eigenvalue weighted by Crippen LogP contribution is 2.41. The second-order valence-electron chi connectivity index (χ2n) is 6.16. The third-order valence-electron chi connectivity index (χ3n) is 4.76. The third kappa shape index (κ3) is 3.24. The molecular weight excluding hydrogens is 277 g/mol. The summed E-state index contributed by atoms with van der Waals surface area (Å²) in [6, 6.07) is 5.04. The molecule has 1 aromatic rings. The summed E-state index contributed by atoms with van der Waals surface area (Å²) in [4.78, 5) is 2.09. The molecule has 21 heavy (non-hydrogen) atoms. The highest BCUT2D eigenvalue weighted by Gasteiger charge is 2.41. The van der Waals surface area contributed by atoms with Crippen LogP contribution in [0.2, 0.25) is 0 Å². The van der Waals surface area contributed by atoms with E-state index in [2.05, 4.69) is 4.90 Å². The van der Waals surface area contributed by atoms with Gasteiger partial charge >= 0.3 is 6.18 Å². The molecule has 1 atom stereocenters. The van der Waals surface area contributed by atoms with E-state index in [1.54, 1.807) is 6.07 Å². The lowest BCUT2D eigenvalue weighted by Gasteiger charge is -2.47. The molecular formula is C16H23F3N2. The van der Waals surface area contributed by atoms with E-state index < -0.39 is 17.8 Å². The summed E-state index contributed by atoms with van der Waals surface area (Å²) in [5, 5.41) is 0. The van der Waals surface area contributed by atoms with Crippen molar-refractivity contribution in [2.45, 2.75) is 49.9 Å². The summed E-state index contributed by atoms with van der Waals surface area (Å²) in [6.07, 6.45) is 0.850. The minimum absolute atomic E-state index is 0.248. The monoisotopic (exact) mass is 300 g/mol. The number of benzene rings is 1. The van der Waals surface area contributed by atoms with Crippen LogP contribution in [0.5, 0.6) is 0 Å². The van der Waals surface area contributed by atoms with Gasteiger partial charge in [-0.3, -0.25) is 0 Å². The normalized spacial score (nSPS) is 20.5. The Morgan fingerprint density at radius 2 is 1.76 bits per heavy atom. The van der Waals surface area contributed by atoms with Crippen LogP contribution in [0.4, 0.5) is 13.2 Å². The molecule has 0 amide bonds. The molecule has 0 aromatic heterocycles. The Morgan fingerprint density at radius 1 is 1.14 bits per heavy atom. The zero-order valence-electron chi connectivity index (χ0n) is 12.6. The largest absolute Gasteiger partial charge is 0.416 e. The zero-order chi connectivity index (χ0) is 15.7. The first-order valence-corrected chi connectivity index (χ1v) is 7.37. The van der Waals surface area contributed by atoms with Crippen LogP contribution in [0.25, 0.3) is 0 Å². The highest BCUT2D eigenvalue weighted by molar-refractivity contribution is 5.30. The van der Waals surface area contributed by atoms with Crippen LogP contribution >= 0.6 is 0 Å². The van der Waals surface area contributed by atoms with Crippen molar-refractivity contribution in [3.8, 4) is 0 Å². The van der Waals surface area contributed by atoms with Crippen LogP contribution in [-0.4, -0.2) is 24.5 Å². The Morgan fingerprint density at radius 3 is 2.29 bits per heavy atom. The van der Waals surface area contributed by atoms with Crippen molar-refractivity contribution in [1.82, 2.24) is 4.90 Å². The fraction of sp³-hybridized carbons (Fsp3) is 0.625. The van der Waals surface area contributed by atoms with Gasteiger partial charge in [-0.15, -0.1) is 0 Å². The summed E-state index contributed by atoms with van der Waals surface area (Å²) >= 11 is 0. The molecule has 118 valence electrons. The average Bonchev–Trinajstić information content (AvgIpc) is 2.46. The summed E-state index contributed by atoms with van der Waals surface area (Å²) < 4.78 is 38.6. The summed E-state index contributed by atoms with van der Waals surface area (Å²) in [7, 11) is 3.94. The number of nitrogens with two attached hydrogens (primary N) is 1. The Bertz CT molecular complexity index is 477. The van der Waals surface area contributed by atoms with Crippen LogP contribution < -0.4 is 5.73 Å². The molecule has 2 nitrogen and oxygen atoms in total. The average molecular weight is 300 g/mol. The number of halogens is 3. The Balaban J connectivity index is 2.35. The molecule has 2 rings (SSSR count). The summed E-state index contributed by atoms with van der Waals surface area (Å²) in [5.41, 5.74) is 6.11. The lowest BCUT2D eigenvalue weighted by atomic mass is 9.73. The Labute approximate surface area is 124 Å². The summed E-state index contributed by atoms with van der Waals surface area (Å²) in [5.74, 6) is 0. The van der Waals surface area contributed by atoms with Crippen molar-refractivity contribution in [1.29, 1.82) is 0 Å². The number of hydrogen-bond acceptors (Lipinski definition) is 2. The van der Waals surface area contributed by atoms with E-state index in [1.807, 2.05) is 14.1 Å². The van der Waals surface area contributed by atoms with Crippen LogP contribution in [0.1, 0.15) is 49.3 Å². The smallest absolute Gasteiger partial charge is 0.322 e. The molecule has 0 spiro atoms. The maximum Gasteiger partial charge on any atom is 0.416 e. The second-order valence-corrected chi connectivity index (χ2v) is 6.16. The van der Waals surface area contributed by atoms with Crippen molar-refractivity contribution in [3.05, 3.63) is 35.4 Å². The molecule has 1 fully saturated rings. The van der Waals surface area contributed by atoms with Gasteiger partial charge in [0.25, 0.3) is 0 Å². The molecule has 1 aliphatic carbocycles. The Kier molecular flexibility index (Phi) is 4.63. The minimum Gasteiger partial charge on any atom is -0.322 e. The maximum absolute atomic E-state index is 12.9. The van der Waals surface area contributed by atoms with Gasteiger partial charge in [0.2, 0.25) is 0 Å². The van der Waals surface area contributed by atoms with Crippen LogP contribution in [0.15, 0.2) is 24.3 Å². The van der Waals surface area contributed by atoms with Gasteiger partial charge in [0.15, 0.2) is 0 Å². The molecule has 1 saturated carbocycles. The molecule has 1 aromatic carbocycles. The van der Waals surface area contributed by atoms with E-state index in [9.17, 15) is 13.2 Å². The molecule has 2 N–H and O–H groups in total. The zero-order valence-corrected chi connectivity index (χ0v) is 12.6. The number of alkyl halides is 3. The SMILES string of the molecule is CN(C)C1(C(N)c2cccc(C(F)(F)F)c2)CCCCC1. The fourth-order valence-electron chi connectivity index (χ4n) is 3.42. The van der Waals surface area contributed by atoms with E-state index in [-0.39, 0.29) is 5.54 Å². The topological polar surface area (TPSA) is 29.3 Å². The van der Waals surface area contributed by atoms with E-state index in [0.29, 0.717) is 5.56 Å². The fourth-order valence-corrected chi connectivity index (χ4v) is 3.42. The maximum atomic E-state index is 12.9. The van der Waals surface area contributed by atoms with Gasteiger partial charge < -0.3 is 10.6 Å². The first-order valence-electron chi connectivity index (χ1n) is 7.37. The van der Waals surface area contributed by atoms with Crippen molar-refractivity contribution in [2.24, 2.45) is 5.73 Å². The number of nitrogens with zero attached hydrogens (tertiary/aromatic N) is 1. The van der Waals surface area contributed by atoms with E-state index in [1.165, 1.54) is 18.6 Å². The lowest BCUT2D eigenvalue weighted by molar-refractivity contribution is -0.137. The molecule has 1 unspecified atom stereocenters. The van der Waals surface area contributed by atoms with Gasteiger partial charge in [-0.05, 0) is 44.6 Å². The lowest BCUT2D eigenvalue weighted by Crippen LogP contribution is -2.53. The predicted molar refractivity (Wildman–Crippen MR) is 77.9 cm³/mol. The Hall–Kier alpha value is -1.07. The second kappa shape index (κ2) is 5.97. The number of rotatable bonds is 3. The molecule has 5 heteroatoms. The summed E-state index contributed by atoms with van der Waals surface area (Å²) in [6.45, 7) is 0. The molecule has 0 bridgehead atoms. The first kappa shape index (κ1) is 16.3. The quantitative estimate of drug-likeness (QED) is 0.915. The first-order chi connectivity index (χ1) is 9.77. The van der Waals surface area contributed by atoms with Crippen molar-refractivity contribution >= 4 is 0 Å². The van der Waals surface area contributed by atoms with E-state index >= 15 is 0 Å². The predicted octanol–water partition coefficient (Wildman–Crippen LogP) is 3.97. The van der Waals surface area contributed by atoms with Gasteiger partial charge in [0, 0.05) is 11.6 Å².